The molecule has 1 aliphatic heterocycles. The van der Waals surface area contributed by atoms with E-state index in [0.717, 1.165) is 28.9 Å². The van der Waals surface area contributed by atoms with Gasteiger partial charge in [0.15, 0.2) is 4.80 Å². The molecule has 0 amide bonds. The largest absolute Gasteiger partial charge is 0.495 e. The Morgan fingerprint density at radius 3 is 2.46 bits per heavy atom. The summed E-state index contributed by atoms with van der Waals surface area (Å²) in [6.45, 7) is 3.80. The number of methoxy groups -OCH3 is 1. The maximum atomic E-state index is 13.7. The molecule has 4 rings (SSSR count). The lowest BCUT2D eigenvalue weighted by Crippen LogP contribution is -2.39. The zero-order valence-corrected chi connectivity index (χ0v) is 25.4. The van der Waals surface area contributed by atoms with Crippen molar-refractivity contribution < 1.29 is 14.3 Å². The molecule has 35 heavy (non-hydrogen) atoms. The van der Waals surface area contributed by atoms with Crippen LogP contribution in [0.3, 0.4) is 0 Å². The van der Waals surface area contributed by atoms with Crippen LogP contribution in [0.15, 0.2) is 62.4 Å². The lowest BCUT2D eigenvalue weighted by atomic mass is 9.96. The van der Waals surface area contributed by atoms with Gasteiger partial charge >= 0.3 is 5.97 Å². The standard InChI is InChI=1S/C25H22I2N2O4S2/c1-5-33-24(31)20-13(2)28-25-29(21(20)15-6-8-16(34-4)9-7-15)23(30)19(35-25)12-14-10-17(26)22(32-3)18(27)11-14/h6-12,21H,5H2,1-4H3/b19-12-. The Hall–Kier alpha value is -1.64. The van der Waals surface area contributed by atoms with E-state index in [-0.39, 0.29) is 12.2 Å². The van der Waals surface area contributed by atoms with Gasteiger partial charge in [-0.05, 0) is 107 Å². The molecule has 182 valence electrons. The van der Waals surface area contributed by atoms with E-state index < -0.39 is 12.0 Å². The molecule has 0 N–H and O–H groups in total. The number of nitrogens with zero attached hydrogens (tertiary/aromatic N) is 2. The quantitative estimate of drug-likeness (QED) is 0.208. The van der Waals surface area contributed by atoms with Crippen LogP contribution in [-0.4, -0.2) is 30.5 Å². The highest BCUT2D eigenvalue weighted by molar-refractivity contribution is 14.1. The second kappa shape index (κ2) is 11.2. The minimum absolute atomic E-state index is 0.192. The third kappa shape index (κ3) is 5.25. The third-order valence-electron chi connectivity index (χ3n) is 5.47. The number of ether oxygens (including phenoxy) is 2. The second-order valence-electron chi connectivity index (χ2n) is 7.59. The van der Waals surface area contributed by atoms with Crippen molar-refractivity contribution in [3.05, 3.63) is 85.6 Å². The highest BCUT2D eigenvalue weighted by atomic mass is 127. The molecule has 1 atom stereocenters. The fourth-order valence-electron chi connectivity index (χ4n) is 3.90. The Bertz CT molecular complexity index is 1480. The second-order valence-corrected chi connectivity index (χ2v) is 11.8. The number of carbonyl (C=O) groups is 1. The third-order valence-corrected chi connectivity index (χ3v) is 8.80. The van der Waals surface area contributed by atoms with Gasteiger partial charge in [0.1, 0.15) is 5.75 Å². The zero-order valence-electron chi connectivity index (χ0n) is 19.4. The van der Waals surface area contributed by atoms with Crippen LogP contribution in [-0.2, 0) is 9.53 Å². The number of fused-ring (bicyclic) bond motifs is 1. The maximum absolute atomic E-state index is 13.7. The van der Waals surface area contributed by atoms with Crippen LogP contribution in [0.5, 0.6) is 5.75 Å². The molecule has 1 aliphatic rings. The number of hydrogen-bond donors (Lipinski definition) is 0. The zero-order chi connectivity index (χ0) is 25.3. The summed E-state index contributed by atoms with van der Waals surface area (Å²) >= 11 is 7.41. The first kappa shape index (κ1) is 26.4. The lowest BCUT2D eigenvalue weighted by Gasteiger charge is -2.24. The minimum Gasteiger partial charge on any atom is -0.495 e. The van der Waals surface area contributed by atoms with Gasteiger partial charge in [-0.3, -0.25) is 9.36 Å². The van der Waals surface area contributed by atoms with Gasteiger partial charge in [-0.1, -0.05) is 23.5 Å². The molecule has 0 saturated heterocycles. The van der Waals surface area contributed by atoms with Crippen LogP contribution < -0.4 is 19.6 Å². The molecule has 0 aliphatic carbocycles. The summed E-state index contributed by atoms with van der Waals surface area (Å²) in [6.07, 6.45) is 3.87. The molecule has 0 spiro atoms. The number of esters is 1. The normalized spacial score (nSPS) is 15.6. The van der Waals surface area contributed by atoms with Gasteiger partial charge in [0.2, 0.25) is 0 Å². The summed E-state index contributed by atoms with van der Waals surface area (Å²) in [5, 5.41) is 0. The number of hydrogen-bond acceptors (Lipinski definition) is 7. The van der Waals surface area contributed by atoms with E-state index in [2.05, 4.69) is 50.2 Å². The van der Waals surface area contributed by atoms with Crippen LogP contribution in [0, 0.1) is 7.14 Å². The molecular weight excluding hydrogens is 710 g/mol. The average Bonchev–Trinajstić information content (AvgIpc) is 3.12. The topological polar surface area (TPSA) is 69.9 Å². The Labute approximate surface area is 238 Å². The van der Waals surface area contributed by atoms with Crippen LogP contribution in [0.2, 0.25) is 0 Å². The fraction of sp³-hybridized carbons (Fsp3) is 0.240. The summed E-state index contributed by atoms with van der Waals surface area (Å²) in [5.41, 5.74) is 2.48. The number of halogens is 2. The van der Waals surface area contributed by atoms with Gasteiger partial charge in [0.05, 0.1) is 42.7 Å². The van der Waals surface area contributed by atoms with E-state index in [9.17, 15) is 9.59 Å². The van der Waals surface area contributed by atoms with Crippen LogP contribution in [0.4, 0.5) is 0 Å². The predicted octanol–water partition coefficient (Wildman–Crippen LogP) is 4.74. The van der Waals surface area contributed by atoms with Crippen LogP contribution in [0.1, 0.15) is 31.0 Å². The number of thioether (sulfide) groups is 1. The van der Waals surface area contributed by atoms with Crippen molar-refractivity contribution in [2.75, 3.05) is 20.0 Å². The highest BCUT2D eigenvalue weighted by Crippen LogP contribution is 2.32. The van der Waals surface area contributed by atoms with Crippen LogP contribution >= 0.6 is 68.3 Å². The molecule has 0 radical (unpaired) electrons. The average molecular weight is 732 g/mol. The van der Waals surface area contributed by atoms with Crippen molar-refractivity contribution in [3.63, 3.8) is 0 Å². The van der Waals surface area contributed by atoms with Crippen molar-refractivity contribution in [2.45, 2.75) is 24.8 Å². The SMILES string of the molecule is CCOC(=O)C1=C(C)N=c2s/c(=C\c3cc(I)c(OC)c(I)c3)c(=O)n2C1c1ccc(SC)cc1. The Kier molecular flexibility index (Phi) is 8.44. The molecule has 2 heterocycles. The summed E-state index contributed by atoms with van der Waals surface area (Å²) in [5.74, 6) is 0.356. The molecule has 0 bridgehead atoms. The number of carbonyl (C=O) groups excluding carboxylic acids is 1. The summed E-state index contributed by atoms with van der Waals surface area (Å²) in [6, 6.07) is 11.3. The lowest BCUT2D eigenvalue weighted by molar-refractivity contribution is -0.139. The monoisotopic (exact) mass is 732 g/mol. The maximum Gasteiger partial charge on any atom is 0.338 e. The Balaban J connectivity index is 1.93. The summed E-state index contributed by atoms with van der Waals surface area (Å²) in [7, 11) is 1.65. The molecular formula is C25H22I2N2O4S2. The van der Waals surface area contributed by atoms with Gasteiger partial charge in [-0.15, -0.1) is 11.8 Å². The number of aromatic nitrogens is 1. The van der Waals surface area contributed by atoms with Gasteiger partial charge in [0.25, 0.3) is 5.56 Å². The number of rotatable bonds is 6. The molecule has 6 nitrogen and oxygen atoms in total. The molecule has 3 aromatic rings. The first-order valence-electron chi connectivity index (χ1n) is 10.7. The van der Waals surface area contributed by atoms with E-state index in [0.29, 0.717) is 20.6 Å². The molecule has 0 saturated carbocycles. The molecule has 0 fully saturated rings. The molecule has 2 aromatic carbocycles. The van der Waals surface area contributed by atoms with Crippen molar-refractivity contribution >= 4 is 80.3 Å². The first-order valence-corrected chi connectivity index (χ1v) is 14.9. The van der Waals surface area contributed by atoms with E-state index >= 15 is 0 Å². The molecule has 1 unspecified atom stereocenters. The van der Waals surface area contributed by atoms with E-state index in [1.165, 1.54) is 11.3 Å². The van der Waals surface area contributed by atoms with Gasteiger partial charge < -0.3 is 9.47 Å². The van der Waals surface area contributed by atoms with Crippen LogP contribution in [0.25, 0.3) is 6.08 Å². The van der Waals surface area contributed by atoms with Crippen molar-refractivity contribution in [3.8, 4) is 5.75 Å². The number of benzene rings is 2. The number of thiazole rings is 1. The minimum atomic E-state index is -0.612. The van der Waals surface area contributed by atoms with Gasteiger partial charge in [-0.2, -0.15) is 0 Å². The Morgan fingerprint density at radius 1 is 1.23 bits per heavy atom. The van der Waals surface area contributed by atoms with Crippen molar-refractivity contribution in [1.29, 1.82) is 0 Å². The summed E-state index contributed by atoms with van der Waals surface area (Å²) in [4.78, 5) is 33.0. The highest BCUT2D eigenvalue weighted by Gasteiger charge is 2.33. The fourth-order valence-corrected chi connectivity index (χ4v) is 7.61. The smallest absolute Gasteiger partial charge is 0.338 e. The van der Waals surface area contributed by atoms with Gasteiger partial charge in [-0.25, -0.2) is 9.79 Å². The van der Waals surface area contributed by atoms with E-state index in [4.69, 9.17) is 9.47 Å². The van der Waals surface area contributed by atoms with E-state index in [1.54, 1.807) is 37.3 Å². The number of allylic oxidation sites excluding steroid dienone is 1. The molecule has 1 aromatic heterocycles. The van der Waals surface area contributed by atoms with Crippen molar-refractivity contribution in [1.82, 2.24) is 4.57 Å². The molecule has 10 heteroatoms. The van der Waals surface area contributed by atoms with E-state index in [1.807, 2.05) is 48.7 Å². The first-order chi connectivity index (χ1) is 16.8. The predicted molar refractivity (Wildman–Crippen MR) is 157 cm³/mol. The summed E-state index contributed by atoms with van der Waals surface area (Å²) < 4.78 is 14.9. The van der Waals surface area contributed by atoms with Crippen molar-refractivity contribution in [2.24, 2.45) is 4.99 Å². The Morgan fingerprint density at radius 2 is 1.89 bits per heavy atom. The van der Waals surface area contributed by atoms with Gasteiger partial charge in [0, 0.05) is 4.90 Å².